The number of anilines is 1. The second-order valence-corrected chi connectivity index (χ2v) is 7.70. The Morgan fingerprint density at radius 3 is 2.61 bits per heavy atom. The molecule has 9 nitrogen and oxygen atoms in total. The number of hydrogen-bond donors (Lipinski definition) is 2. The topological polar surface area (TPSA) is 115 Å². The standard InChI is InChI=1S/C22H20N6O3/c1-12-18(13(2)28(26-12)16-6-4-3-5-7-16)24-20(29)14-10-17-19(23-11-14)27(15-8-9-15)22(31)25-21(17)30/h3-7,10-11,15H,8-9H2,1-2H3,(H,24,29)(H,25,30,31). The Bertz CT molecular complexity index is 1440. The van der Waals surface area contributed by atoms with E-state index in [4.69, 9.17) is 0 Å². The molecule has 0 unspecified atom stereocenters. The summed E-state index contributed by atoms with van der Waals surface area (Å²) in [6.07, 6.45) is 3.13. The summed E-state index contributed by atoms with van der Waals surface area (Å²) in [6, 6.07) is 11.2. The Hall–Kier alpha value is -4.01. The lowest BCUT2D eigenvalue weighted by Crippen LogP contribution is -2.30. The van der Waals surface area contributed by atoms with Gasteiger partial charge in [0.05, 0.1) is 33.7 Å². The van der Waals surface area contributed by atoms with Crippen LogP contribution in [0.3, 0.4) is 0 Å². The van der Waals surface area contributed by atoms with E-state index in [1.807, 2.05) is 44.2 Å². The van der Waals surface area contributed by atoms with Crippen LogP contribution < -0.4 is 16.6 Å². The van der Waals surface area contributed by atoms with Gasteiger partial charge in [-0.05, 0) is 44.9 Å². The summed E-state index contributed by atoms with van der Waals surface area (Å²) >= 11 is 0. The molecule has 3 aromatic heterocycles. The molecule has 156 valence electrons. The van der Waals surface area contributed by atoms with Crippen molar-refractivity contribution in [2.75, 3.05) is 5.32 Å². The maximum atomic E-state index is 12.9. The van der Waals surface area contributed by atoms with Crippen LogP contribution in [0.25, 0.3) is 16.7 Å². The summed E-state index contributed by atoms with van der Waals surface area (Å²) in [6.45, 7) is 3.69. The van der Waals surface area contributed by atoms with Gasteiger partial charge in [0.15, 0.2) is 0 Å². The molecule has 1 aliphatic rings. The van der Waals surface area contributed by atoms with Crippen molar-refractivity contribution in [2.24, 2.45) is 0 Å². The Kier molecular flexibility index (Phi) is 4.32. The first-order chi connectivity index (χ1) is 14.9. The number of fused-ring (bicyclic) bond motifs is 1. The van der Waals surface area contributed by atoms with E-state index in [0.717, 1.165) is 24.2 Å². The number of aromatic amines is 1. The van der Waals surface area contributed by atoms with Crippen molar-refractivity contribution in [3.8, 4) is 5.69 Å². The first-order valence-electron chi connectivity index (χ1n) is 10.0. The maximum Gasteiger partial charge on any atom is 0.330 e. The molecular weight excluding hydrogens is 396 g/mol. The van der Waals surface area contributed by atoms with Crippen LogP contribution in [-0.4, -0.2) is 30.2 Å². The third kappa shape index (κ3) is 3.24. The number of amides is 1. The second-order valence-electron chi connectivity index (χ2n) is 7.70. The molecule has 5 rings (SSSR count). The van der Waals surface area contributed by atoms with Crippen molar-refractivity contribution in [3.05, 3.63) is 80.4 Å². The summed E-state index contributed by atoms with van der Waals surface area (Å²) in [7, 11) is 0. The lowest BCUT2D eigenvalue weighted by atomic mass is 10.2. The summed E-state index contributed by atoms with van der Waals surface area (Å²) in [5.74, 6) is -0.406. The monoisotopic (exact) mass is 416 g/mol. The molecule has 1 amide bonds. The largest absolute Gasteiger partial charge is 0.330 e. The first kappa shape index (κ1) is 19.0. The Labute approximate surface area is 176 Å². The molecule has 31 heavy (non-hydrogen) atoms. The van der Waals surface area contributed by atoms with Crippen molar-refractivity contribution >= 4 is 22.6 Å². The number of H-pyrrole nitrogens is 1. The van der Waals surface area contributed by atoms with Gasteiger partial charge in [0.1, 0.15) is 5.65 Å². The predicted molar refractivity (Wildman–Crippen MR) is 116 cm³/mol. The fourth-order valence-corrected chi connectivity index (χ4v) is 3.76. The van der Waals surface area contributed by atoms with Gasteiger partial charge in [-0.2, -0.15) is 5.10 Å². The van der Waals surface area contributed by atoms with Gasteiger partial charge in [0.2, 0.25) is 0 Å². The molecule has 0 bridgehead atoms. The molecule has 1 aliphatic carbocycles. The van der Waals surface area contributed by atoms with E-state index in [-0.39, 0.29) is 17.0 Å². The van der Waals surface area contributed by atoms with Crippen molar-refractivity contribution in [3.63, 3.8) is 0 Å². The molecule has 1 saturated carbocycles. The van der Waals surface area contributed by atoms with Gasteiger partial charge in [0, 0.05) is 12.2 Å². The van der Waals surface area contributed by atoms with E-state index in [1.54, 1.807) is 4.68 Å². The molecule has 2 N–H and O–H groups in total. The van der Waals surface area contributed by atoms with Crippen LogP contribution in [0, 0.1) is 13.8 Å². The third-order valence-electron chi connectivity index (χ3n) is 5.48. The summed E-state index contributed by atoms with van der Waals surface area (Å²) in [4.78, 5) is 44.1. The molecule has 9 heteroatoms. The van der Waals surface area contributed by atoms with Gasteiger partial charge < -0.3 is 5.32 Å². The zero-order valence-corrected chi connectivity index (χ0v) is 17.0. The number of rotatable bonds is 4. The van der Waals surface area contributed by atoms with E-state index in [1.165, 1.54) is 16.8 Å². The van der Waals surface area contributed by atoms with Crippen LogP contribution in [0.2, 0.25) is 0 Å². The van der Waals surface area contributed by atoms with Crippen molar-refractivity contribution < 1.29 is 4.79 Å². The molecule has 0 atom stereocenters. The van der Waals surface area contributed by atoms with Crippen molar-refractivity contribution in [1.29, 1.82) is 0 Å². The van der Waals surface area contributed by atoms with Gasteiger partial charge in [-0.1, -0.05) is 18.2 Å². The van der Waals surface area contributed by atoms with Crippen LogP contribution in [0.1, 0.15) is 40.6 Å². The van der Waals surface area contributed by atoms with E-state index < -0.39 is 17.2 Å². The number of nitrogens with one attached hydrogen (secondary N) is 2. The van der Waals surface area contributed by atoms with Gasteiger partial charge in [0.25, 0.3) is 11.5 Å². The normalized spacial score (nSPS) is 13.5. The maximum absolute atomic E-state index is 12.9. The molecule has 0 aliphatic heterocycles. The minimum atomic E-state index is -0.552. The zero-order chi connectivity index (χ0) is 21.7. The molecular formula is C22H20N6O3. The number of hydrogen-bond acceptors (Lipinski definition) is 5. The molecule has 3 heterocycles. The van der Waals surface area contributed by atoms with Crippen LogP contribution in [-0.2, 0) is 0 Å². The number of aromatic nitrogens is 5. The van der Waals surface area contributed by atoms with Gasteiger partial charge in [-0.15, -0.1) is 0 Å². The van der Waals surface area contributed by atoms with Gasteiger partial charge in [-0.3, -0.25) is 19.1 Å². The van der Waals surface area contributed by atoms with E-state index in [9.17, 15) is 14.4 Å². The number of carbonyl (C=O) groups is 1. The number of pyridine rings is 1. The van der Waals surface area contributed by atoms with Crippen molar-refractivity contribution in [1.82, 2.24) is 24.3 Å². The average molecular weight is 416 g/mol. The molecule has 0 saturated heterocycles. The molecule has 0 spiro atoms. The third-order valence-corrected chi connectivity index (χ3v) is 5.48. The highest BCUT2D eigenvalue weighted by Crippen LogP contribution is 2.34. The van der Waals surface area contributed by atoms with E-state index >= 15 is 0 Å². The molecule has 4 aromatic rings. The number of benzene rings is 1. The highest BCUT2D eigenvalue weighted by molar-refractivity contribution is 6.06. The summed E-state index contributed by atoms with van der Waals surface area (Å²) < 4.78 is 3.26. The highest BCUT2D eigenvalue weighted by atomic mass is 16.2. The van der Waals surface area contributed by atoms with Crippen molar-refractivity contribution in [2.45, 2.75) is 32.7 Å². The number of para-hydroxylation sites is 1. The Balaban J connectivity index is 1.51. The zero-order valence-electron chi connectivity index (χ0n) is 17.0. The van der Waals surface area contributed by atoms with Crippen LogP contribution in [0.15, 0.2) is 52.2 Å². The summed E-state index contributed by atoms with van der Waals surface area (Å²) in [5, 5.41) is 7.63. The lowest BCUT2D eigenvalue weighted by molar-refractivity contribution is 0.102. The minimum Gasteiger partial charge on any atom is -0.319 e. The fourth-order valence-electron chi connectivity index (χ4n) is 3.76. The Morgan fingerprint density at radius 2 is 1.90 bits per heavy atom. The molecule has 1 aromatic carbocycles. The number of nitrogens with zero attached hydrogens (tertiary/aromatic N) is 4. The SMILES string of the molecule is Cc1nn(-c2ccccc2)c(C)c1NC(=O)c1cnc2c(c1)c(=O)[nH]c(=O)n2C1CC1. The van der Waals surface area contributed by atoms with Crippen LogP contribution in [0.5, 0.6) is 0 Å². The second kappa shape index (κ2) is 7.05. The minimum absolute atomic E-state index is 0.0492. The average Bonchev–Trinajstić information content (AvgIpc) is 3.56. The van der Waals surface area contributed by atoms with Gasteiger partial charge >= 0.3 is 5.69 Å². The summed E-state index contributed by atoms with van der Waals surface area (Å²) in [5.41, 5.74) is 2.45. The number of carbonyl (C=O) groups excluding carboxylic acids is 1. The highest BCUT2D eigenvalue weighted by Gasteiger charge is 2.28. The molecule has 0 radical (unpaired) electrons. The lowest BCUT2D eigenvalue weighted by Gasteiger charge is -2.09. The van der Waals surface area contributed by atoms with Crippen LogP contribution >= 0.6 is 0 Å². The van der Waals surface area contributed by atoms with Gasteiger partial charge in [-0.25, -0.2) is 14.5 Å². The van der Waals surface area contributed by atoms with E-state index in [2.05, 4.69) is 20.4 Å². The number of aryl methyl sites for hydroxylation is 1. The fraction of sp³-hybridized carbons (Fsp3) is 0.227. The molecule has 1 fully saturated rings. The van der Waals surface area contributed by atoms with E-state index in [0.29, 0.717) is 17.0 Å². The smallest absolute Gasteiger partial charge is 0.319 e. The first-order valence-corrected chi connectivity index (χ1v) is 10.0. The Morgan fingerprint density at radius 1 is 1.16 bits per heavy atom. The van der Waals surface area contributed by atoms with Crippen LogP contribution in [0.4, 0.5) is 5.69 Å². The predicted octanol–water partition coefficient (Wildman–Crippen LogP) is 2.47. The quantitative estimate of drug-likeness (QED) is 0.530.